The maximum atomic E-state index is 11.0. The quantitative estimate of drug-likeness (QED) is 0.893. The van der Waals surface area contributed by atoms with Crippen LogP contribution >= 0.6 is 23.2 Å². The zero-order chi connectivity index (χ0) is 11.8. The lowest BCUT2D eigenvalue weighted by molar-refractivity contribution is -0.143. The molecule has 16 heavy (non-hydrogen) atoms. The van der Waals surface area contributed by atoms with Crippen LogP contribution in [0, 0.1) is 5.41 Å². The molecular formula is C12H12Cl2O2. The van der Waals surface area contributed by atoms with Gasteiger partial charge in [-0.05, 0) is 43.4 Å². The fourth-order valence-corrected chi connectivity index (χ4v) is 2.12. The average molecular weight is 259 g/mol. The first-order valence-corrected chi connectivity index (χ1v) is 5.96. The summed E-state index contributed by atoms with van der Waals surface area (Å²) in [5.74, 6) is -0.674. The molecule has 0 aliphatic heterocycles. The Morgan fingerprint density at radius 2 is 2.00 bits per heavy atom. The van der Waals surface area contributed by atoms with Gasteiger partial charge in [-0.2, -0.15) is 0 Å². The second kappa shape index (κ2) is 4.27. The molecular weight excluding hydrogens is 247 g/mol. The van der Waals surface area contributed by atoms with Crippen LogP contribution in [0.5, 0.6) is 0 Å². The summed E-state index contributed by atoms with van der Waals surface area (Å²) < 4.78 is 0. The predicted molar refractivity (Wildman–Crippen MR) is 64.1 cm³/mol. The maximum absolute atomic E-state index is 11.0. The Morgan fingerprint density at radius 3 is 2.50 bits per heavy atom. The van der Waals surface area contributed by atoms with Crippen LogP contribution in [0.25, 0.3) is 0 Å². The molecule has 0 bridgehead atoms. The second-order valence-corrected chi connectivity index (χ2v) is 5.15. The fourth-order valence-electron chi connectivity index (χ4n) is 1.80. The predicted octanol–water partition coefficient (Wildman–Crippen LogP) is 3.79. The molecule has 86 valence electrons. The van der Waals surface area contributed by atoms with E-state index in [-0.39, 0.29) is 0 Å². The van der Waals surface area contributed by atoms with Gasteiger partial charge in [0.2, 0.25) is 0 Å². The highest BCUT2D eigenvalue weighted by atomic mass is 35.5. The summed E-state index contributed by atoms with van der Waals surface area (Å²) in [6, 6.07) is 5.45. The van der Waals surface area contributed by atoms with Crippen molar-refractivity contribution < 1.29 is 9.90 Å². The highest BCUT2D eigenvalue weighted by Gasteiger charge is 2.49. The second-order valence-electron chi connectivity index (χ2n) is 4.33. The molecule has 0 atom stereocenters. The van der Waals surface area contributed by atoms with E-state index in [0.717, 1.165) is 24.8 Å². The van der Waals surface area contributed by atoms with Crippen molar-refractivity contribution in [1.29, 1.82) is 0 Å². The van der Waals surface area contributed by atoms with E-state index in [4.69, 9.17) is 28.3 Å². The summed E-state index contributed by atoms with van der Waals surface area (Å²) in [6.07, 6.45) is 3.01. The van der Waals surface area contributed by atoms with Gasteiger partial charge in [0.15, 0.2) is 0 Å². The van der Waals surface area contributed by atoms with E-state index in [0.29, 0.717) is 16.5 Å². The van der Waals surface area contributed by atoms with Gasteiger partial charge in [0.25, 0.3) is 0 Å². The van der Waals surface area contributed by atoms with E-state index in [1.54, 1.807) is 6.07 Å². The first-order chi connectivity index (χ1) is 7.53. The Morgan fingerprint density at radius 1 is 1.31 bits per heavy atom. The van der Waals surface area contributed by atoms with Gasteiger partial charge in [0, 0.05) is 0 Å². The SMILES string of the molecule is O=C(O)C1(CCc2ccc(Cl)c(Cl)c2)CC1. The van der Waals surface area contributed by atoms with Crippen molar-refractivity contribution >= 4 is 29.2 Å². The molecule has 1 saturated carbocycles. The van der Waals surface area contributed by atoms with Crippen LogP contribution in [0.1, 0.15) is 24.8 Å². The molecule has 0 unspecified atom stereocenters. The number of aliphatic carboxylic acids is 1. The van der Waals surface area contributed by atoms with Crippen LogP contribution in [0.15, 0.2) is 18.2 Å². The largest absolute Gasteiger partial charge is 0.481 e. The Labute approximate surface area is 104 Å². The minimum Gasteiger partial charge on any atom is -0.481 e. The van der Waals surface area contributed by atoms with E-state index in [1.165, 1.54) is 0 Å². The summed E-state index contributed by atoms with van der Waals surface area (Å²) in [7, 11) is 0. The topological polar surface area (TPSA) is 37.3 Å². The number of benzene rings is 1. The highest BCUT2D eigenvalue weighted by molar-refractivity contribution is 6.42. The third-order valence-electron chi connectivity index (χ3n) is 3.18. The number of carboxylic acids is 1. The molecule has 2 rings (SSSR count). The number of carboxylic acid groups (broad SMARTS) is 1. The minimum atomic E-state index is -0.674. The van der Waals surface area contributed by atoms with Gasteiger partial charge in [-0.1, -0.05) is 29.3 Å². The lowest BCUT2D eigenvalue weighted by Gasteiger charge is -2.09. The van der Waals surface area contributed by atoms with Crippen molar-refractivity contribution in [2.24, 2.45) is 5.41 Å². The number of aryl methyl sites for hydroxylation is 1. The van der Waals surface area contributed by atoms with Gasteiger partial charge in [-0.15, -0.1) is 0 Å². The van der Waals surface area contributed by atoms with Crippen molar-refractivity contribution in [1.82, 2.24) is 0 Å². The Hall–Kier alpha value is -0.730. The molecule has 2 nitrogen and oxygen atoms in total. The van der Waals surface area contributed by atoms with Crippen LogP contribution in [-0.4, -0.2) is 11.1 Å². The molecule has 0 radical (unpaired) electrons. The summed E-state index contributed by atoms with van der Waals surface area (Å²) >= 11 is 11.7. The van der Waals surface area contributed by atoms with E-state index < -0.39 is 11.4 Å². The molecule has 0 amide bonds. The zero-order valence-corrected chi connectivity index (χ0v) is 10.2. The lowest BCUT2D eigenvalue weighted by atomic mass is 9.97. The first kappa shape index (κ1) is 11.7. The van der Waals surface area contributed by atoms with Crippen LogP contribution in [0.4, 0.5) is 0 Å². The van der Waals surface area contributed by atoms with Crippen molar-refractivity contribution in [3.8, 4) is 0 Å². The van der Waals surface area contributed by atoms with E-state index in [2.05, 4.69) is 0 Å². The van der Waals surface area contributed by atoms with Gasteiger partial charge >= 0.3 is 5.97 Å². The molecule has 0 spiro atoms. The zero-order valence-electron chi connectivity index (χ0n) is 8.67. The number of halogens is 2. The minimum absolute atomic E-state index is 0.466. The maximum Gasteiger partial charge on any atom is 0.309 e. The number of hydrogen-bond donors (Lipinski definition) is 1. The normalized spacial score (nSPS) is 17.1. The Bertz CT molecular complexity index is 425. The molecule has 1 aliphatic rings. The van der Waals surface area contributed by atoms with E-state index in [9.17, 15) is 4.79 Å². The lowest BCUT2D eigenvalue weighted by Crippen LogP contribution is -2.15. The molecule has 0 saturated heterocycles. The van der Waals surface area contributed by atoms with Gasteiger partial charge < -0.3 is 5.11 Å². The molecule has 1 aliphatic carbocycles. The van der Waals surface area contributed by atoms with Crippen LogP contribution in [0.2, 0.25) is 10.0 Å². The molecule has 1 N–H and O–H groups in total. The van der Waals surface area contributed by atoms with Crippen molar-refractivity contribution in [3.63, 3.8) is 0 Å². The monoisotopic (exact) mass is 258 g/mol. The molecule has 1 aromatic rings. The number of hydrogen-bond acceptors (Lipinski definition) is 1. The fraction of sp³-hybridized carbons (Fsp3) is 0.417. The van der Waals surface area contributed by atoms with Crippen molar-refractivity contribution in [2.75, 3.05) is 0 Å². The molecule has 1 aromatic carbocycles. The number of carbonyl (C=O) groups is 1. The molecule has 1 fully saturated rings. The van der Waals surface area contributed by atoms with Crippen LogP contribution in [0.3, 0.4) is 0 Å². The summed E-state index contributed by atoms with van der Waals surface area (Å²) in [5.41, 5.74) is 0.577. The van der Waals surface area contributed by atoms with Gasteiger partial charge in [-0.25, -0.2) is 0 Å². The summed E-state index contributed by atoms with van der Waals surface area (Å²) in [4.78, 5) is 11.0. The standard InChI is InChI=1S/C12H12Cl2O2/c13-9-2-1-8(7-10(9)14)3-4-12(5-6-12)11(15)16/h1-2,7H,3-6H2,(H,15,16). The van der Waals surface area contributed by atoms with E-state index in [1.807, 2.05) is 12.1 Å². The average Bonchev–Trinajstić information content (AvgIpc) is 3.01. The first-order valence-electron chi connectivity index (χ1n) is 5.21. The third kappa shape index (κ3) is 2.33. The summed E-state index contributed by atoms with van der Waals surface area (Å²) in [6.45, 7) is 0. The van der Waals surface area contributed by atoms with Crippen molar-refractivity contribution in [2.45, 2.75) is 25.7 Å². The third-order valence-corrected chi connectivity index (χ3v) is 3.92. The Balaban J connectivity index is 2.00. The van der Waals surface area contributed by atoms with Crippen LogP contribution in [-0.2, 0) is 11.2 Å². The molecule has 4 heteroatoms. The van der Waals surface area contributed by atoms with Gasteiger partial charge in [0.05, 0.1) is 15.5 Å². The van der Waals surface area contributed by atoms with Crippen LogP contribution < -0.4 is 0 Å². The molecule has 0 heterocycles. The number of rotatable bonds is 4. The smallest absolute Gasteiger partial charge is 0.309 e. The van der Waals surface area contributed by atoms with Gasteiger partial charge in [-0.3, -0.25) is 4.79 Å². The molecule has 0 aromatic heterocycles. The summed E-state index contributed by atoms with van der Waals surface area (Å²) in [5, 5.41) is 10.1. The van der Waals surface area contributed by atoms with Crippen molar-refractivity contribution in [3.05, 3.63) is 33.8 Å². The van der Waals surface area contributed by atoms with Gasteiger partial charge in [0.1, 0.15) is 0 Å². The Kier molecular flexibility index (Phi) is 3.13. The van der Waals surface area contributed by atoms with E-state index >= 15 is 0 Å². The highest BCUT2D eigenvalue weighted by Crippen LogP contribution is 2.49.